The number of amides is 2. The number of rotatable bonds is 3. The SMILES string of the molecule is CCN(C)C(=O)N(C)CC1CC2CCC1C2. The molecule has 3 unspecified atom stereocenters. The molecule has 3 atom stereocenters. The number of hydrogen-bond donors (Lipinski definition) is 0. The van der Waals surface area contributed by atoms with Gasteiger partial charge in [-0.05, 0) is 43.9 Å². The van der Waals surface area contributed by atoms with Crippen LogP contribution in [0, 0.1) is 17.8 Å². The van der Waals surface area contributed by atoms with Crippen LogP contribution < -0.4 is 0 Å². The van der Waals surface area contributed by atoms with Gasteiger partial charge in [0.15, 0.2) is 0 Å². The predicted molar refractivity (Wildman–Crippen MR) is 65.3 cm³/mol. The van der Waals surface area contributed by atoms with Gasteiger partial charge in [0.1, 0.15) is 0 Å². The summed E-state index contributed by atoms with van der Waals surface area (Å²) in [6, 6.07) is 0.172. The fourth-order valence-corrected chi connectivity index (χ4v) is 3.46. The number of urea groups is 1. The first-order valence-corrected chi connectivity index (χ1v) is 6.58. The van der Waals surface area contributed by atoms with Gasteiger partial charge in [-0.3, -0.25) is 0 Å². The van der Waals surface area contributed by atoms with Crippen molar-refractivity contribution in [3.63, 3.8) is 0 Å². The fourth-order valence-electron chi connectivity index (χ4n) is 3.46. The van der Waals surface area contributed by atoms with Crippen LogP contribution in [0.4, 0.5) is 4.79 Å². The van der Waals surface area contributed by atoms with Crippen molar-refractivity contribution in [1.82, 2.24) is 9.80 Å². The summed E-state index contributed by atoms with van der Waals surface area (Å²) in [7, 11) is 3.82. The van der Waals surface area contributed by atoms with E-state index in [2.05, 4.69) is 0 Å². The fraction of sp³-hybridized carbons (Fsp3) is 0.923. The Bertz CT molecular complexity index is 267. The van der Waals surface area contributed by atoms with Crippen molar-refractivity contribution in [3.05, 3.63) is 0 Å². The maximum atomic E-state index is 11.9. The number of carbonyl (C=O) groups excluding carboxylic acids is 1. The minimum Gasteiger partial charge on any atom is -0.328 e. The van der Waals surface area contributed by atoms with Crippen LogP contribution in [0.5, 0.6) is 0 Å². The number of fused-ring (bicyclic) bond motifs is 2. The molecule has 3 nitrogen and oxygen atoms in total. The van der Waals surface area contributed by atoms with Crippen molar-refractivity contribution in [2.24, 2.45) is 17.8 Å². The van der Waals surface area contributed by atoms with E-state index in [9.17, 15) is 4.79 Å². The van der Waals surface area contributed by atoms with Gasteiger partial charge in [-0.1, -0.05) is 6.42 Å². The minimum absolute atomic E-state index is 0.172. The normalized spacial score (nSPS) is 31.8. The Morgan fingerprint density at radius 2 is 1.94 bits per heavy atom. The van der Waals surface area contributed by atoms with Crippen LogP contribution in [-0.4, -0.2) is 43.0 Å². The van der Waals surface area contributed by atoms with Gasteiger partial charge in [0.05, 0.1) is 0 Å². The van der Waals surface area contributed by atoms with E-state index in [0.717, 1.165) is 30.8 Å². The van der Waals surface area contributed by atoms with Crippen LogP contribution in [0.25, 0.3) is 0 Å². The molecule has 2 bridgehead atoms. The molecule has 16 heavy (non-hydrogen) atoms. The molecule has 0 radical (unpaired) electrons. The second kappa shape index (κ2) is 4.64. The molecule has 0 aromatic rings. The van der Waals surface area contributed by atoms with E-state index in [-0.39, 0.29) is 6.03 Å². The average molecular weight is 224 g/mol. The van der Waals surface area contributed by atoms with Crippen molar-refractivity contribution in [2.45, 2.75) is 32.6 Å². The Labute approximate surface area is 98.8 Å². The molecule has 2 amide bonds. The van der Waals surface area contributed by atoms with E-state index in [1.165, 1.54) is 25.7 Å². The first kappa shape index (κ1) is 11.7. The summed E-state index contributed by atoms with van der Waals surface area (Å²) in [5, 5.41) is 0. The summed E-state index contributed by atoms with van der Waals surface area (Å²) >= 11 is 0. The van der Waals surface area contributed by atoms with Gasteiger partial charge >= 0.3 is 6.03 Å². The Balaban J connectivity index is 1.83. The van der Waals surface area contributed by atoms with E-state index in [0.29, 0.717) is 0 Å². The summed E-state index contributed by atoms with van der Waals surface area (Å²) in [6.07, 6.45) is 5.63. The van der Waals surface area contributed by atoms with E-state index in [1.807, 2.05) is 25.9 Å². The van der Waals surface area contributed by atoms with E-state index in [1.54, 1.807) is 4.90 Å². The lowest BCUT2D eigenvalue weighted by Gasteiger charge is -2.29. The number of carbonyl (C=O) groups is 1. The minimum atomic E-state index is 0.172. The van der Waals surface area contributed by atoms with Gasteiger partial charge in [0, 0.05) is 27.2 Å². The molecule has 0 spiro atoms. The van der Waals surface area contributed by atoms with Crippen molar-refractivity contribution in [3.8, 4) is 0 Å². The summed E-state index contributed by atoms with van der Waals surface area (Å²) in [6.45, 7) is 3.77. The lowest BCUT2D eigenvalue weighted by Crippen LogP contribution is -2.41. The molecule has 0 saturated heterocycles. The molecule has 92 valence electrons. The third kappa shape index (κ3) is 2.18. The van der Waals surface area contributed by atoms with Gasteiger partial charge < -0.3 is 9.80 Å². The number of nitrogens with zero attached hydrogens (tertiary/aromatic N) is 2. The molecule has 2 rings (SSSR count). The Kier molecular flexibility index (Phi) is 3.41. The molecule has 2 saturated carbocycles. The van der Waals surface area contributed by atoms with E-state index < -0.39 is 0 Å². The van der Waals surface area contributed by atoms with Gasteiger partial charge in [-0.25, -0.2) is 4.79 Å². The highest BCUT2D eigenvalue weighted by molar-refractivity contribution is 5.73. The van der Waals surface area contributed by atoms with Crippen molar-refractivity contribution >= 4 is 6.03 Å². The van der Waals surface area contributed by atoms with Crippen molar-refractivity contribution < 1.29 is 4.79 Å². The maximum Gasteiger partial charge on any atom is 0.319 e. The van der Waals surface area contributed by atoms with Crippen LogP contribution in [0.1, 0.15) is 32.6 Å². The summed E-state index contributed by atoms with van der Waals surface area (Å²) in [4.78, 5) is 15.6. The van der Waals surface area contributed by atoms with Crippen LogP contribution in [0.3, 0.4) is 0 Å². The zero-order valence-corrected chi connectivity index (χ0v) is 10.8. The lowest BCUT2D eigenvalue weighted by atomic mass is 9.88. The Hall–Kier alpha value is -0.730. The second-order valence-corrected chi connectivity index (χ2v) is 5.61. The average Bonchev–Trinajstić information content (AvgIpc) is 2.88. The maximum absolute atomic E-state index is 11.9. The standard InChI is InChI=1S/C13H24N2O/c1-4-14(2)13(16)15(3)9-12-8-10-5-6-11(12)7-10/h10-12H,4-9H2,1-3H3. The second-order valence-electron chi connectivity index (χ2n) is 5.61. The van der Waals surface area contributed by atoms with Gasteiger partial charge in [-0.2, -0.15) is 0 Å². The summed E-state index contributed by atoms with van der Waals surface area (Å²) < 4.78 is 0. The third-order valence-electron chi connectivity index (χ3n) is 4.52. The van der Waals surface area contributed by atoms with Crippen LogP contribution >= 0.6 is 0 Å². The quantitative estimate of drug-likeness (QED) is 0.722. The monoisotopic (exact) mass is 224 g/mol. The Morgan fingerprint density at radius 1 is 1.19 bits per heavy atom. The highest BCUT2D eigenvalue weighted by Gasteiger charge is 2.40. The predicted octanol–water partition coefficient (Wildman–Crippen LogP) is 2.43. The molecule has 0 heterocycles. The van der Waals surface area contributed by atoms with Crippen LogP contribution in [0.15, 0.2) is 0 Å². The highest BCUT2D eigenvalue weighted by atomic mass is 16.2. The van der Waals surface area contributed by atoms with Crippen LogP contribution in [-0.2, 0) is 0 Å². The van der Waals surface area contributed by atoms with Crippen LogP contribution in [0.2, 0.25) is 0 Å². The molecule has 0 N–H and O–H groups in total. The Morgan fingerprint density at radius 3 is 2.44 bits per heavy atom. The molecular formula is C13H24N2O. The smallest absolute Gasteiger partial charge is 0.319 e. The van der Waals surface area contributed by atoms with Gasteiger partial charge in [0.2, 0.25) is 0 Å². The molecule has 2 aliphatic carbocycles. The molecule has 2 aliphatic rings. The molecule has 0 aromatic carbocycles. The first-order valence-electron chi connectivity index (χ1n) is 6.58. The lowest BCUT2D eigenvalue weighted by molar-refractivity contribution is 0.159. The largest absolute Gasteiger partial charge is 0.328 e. The zero-order valence-electron chi connectivity index (χ0n) is 10.8. The van der Waals surface area contributed by atoms with E-state index in [4.69, 9.17) is 0 Å². The zero-order chi connectivity index (χ0) is 11.7. The van der Waals surface area contributed by atoms with Gasteiger partial charge in [-0.15, -0.1) is 0 Å². The van der Waals surface area contributed by atoms with Gasteiger partial charge in [0.25, 0.3) is 0 Å². The molecule has 0 aromatic heterocycles. The van der Waals surface area contributed by atoms with E-state index >= 15 is 0 Å². The highest BCUT2D eigenvalue weighted by Crippen LogP contribution is 2.48. The van der Waals surface area contributed by atoms with Crippen molar-refractivity contribution in [1.29, 1.82) is 0 Å². The molecular weight excluding hydrogens is 200 g/mol. The third-order valence-corrected chi connectivity index (χ3v) is 4.52. The summed E-state index contributed by atoms with van der Waals surface area (Å²) in [5.74, 6) is 2.66. The molecule has 2 fully saturated rings. The number of hydrogen-bond acceptors (Lipinski definition) is 1. The first-order chi connectivity index (χ1) is 7.61. The summed E-state index contributed by atoms with van der Waals surface area (Å²) in [5.41, 5.74) is 0. The molecule has 3 heteroatoms. The topological polar surface area (TPSA) is 23.6 Å². The van der Waals surface area contributed by atoms with Crippen molar-refractivity contribution in [2.75, 3.05) is 27.2 Å². The molecule has 0 aliphatic heterocycles.